The van der Waals surface area contributed by atoms with E-state index in [2.05, 4.69) is 99.6 Å². The van der Waals surface area contributed by atoms with Crippen molar-refractivity contribution in [2.45, 2.75) is 108 Å². The fourth-order valence-electron chi connectivity index (χ4n) is 8.62. The Kier molecular flexibility index (Phi) is 23.2. The van der Waals surface area contributed by atoms with Crippen LogP contribution in [0.3, 0.4) is 0 Å². The van der Waals surface area contributed by atoms with Crippen molar-refractivity contribution in [1.29, 1.82) is 26.3 Å². The van der Waals surface area contributed by atoms with Gasteiger partial charge in [-0.3, -0.25) is 0 Å². The zero-order valence-electron chi connectivity index (χ0n) is 49.0. The number of hydrogen-bond acceptors (Lipinski definition) is 10. The summed E-state index contributed by atoms with van der Waals surface area (Å²) in [6, 6.07) is 40.0. The third kappa shape index (κ3) is 17.9. The maximum absolute atomic E-state index is 11.0. The minimum atomic E-state index is 0.251. The molecule has 5 aromatic rings. The van der Waals surface area contributed by atoms with E-state index in [1.54, 1.807) is 30.4 Å². The number of fused-ring (bicyclic) bond motifs is 10. The van der Waals surface area contributed by atoms with Gasteiger partial charge >= 0.3 is 0 Å². The third-order valence-corrected chi connectivity index (χ3v) is 14.9. The zero-order valence-corrected chi connectivity index (χ0v) is 49.0. The van der Waals surface area contributed by atoms with Crippen molar-refractivity contribution in [3.63, 3.8) is 0 Å². The molecule has 0 N–H and O–H groups in total. The Morgan fingerprint density at radius 3 is 0.654 bits per heavy atom. The summed E-state index contributed by atoms with van der Waals surface area (Å²) in [5, 5.41) is 55.1. The average molecular weight is 1080 g/mol. The first-order valence-electron chi connectivity index (χ1n) is 28.7. The van der Waals surface area contributed by atoms with Gasteiger partial charge in [-0.25, -0.2) is 0 Å². The fraction of sp³-hybridized carbons (Fsp3) is 0.366. The van der Waals surface area contributed by atoms with Crippen LogP contribution in [0.2, 0.25) is 0 Å². The van der Waals surface area contributed by atoms with Crippen molar-refractivity contribution in [3.05, 3.63) is 147 Å². The second-order valence-electron chi connectivity index (χ2n) is 21.6. The van der Waals surface area contributed by atoms with Gasteiger partial charge in [0.25, 0.3) is 0 Å². The van der Waals surface area contributed by atoms with Gasteiger partial charge in [-0.05, 0) is 207 Å². The molecule has 0 radical (unpaired) electrons. The first kappa shape index (κ1) is 61.5. The standard InChI is InChI=1S/C71H77N5O5/c1-11-47(7)42-77-67-27-52-17-58(33-67)63(38-73)24-54-19-60(35-69(29-54)79-44-49(9)13-3)65(40-75)26-56-21-61(36-71(31-56)81-46-51(15-5)16-6)66(41-76)25-55-20-59(34-70(30-55)80-45-50(10)14-4)64(39-74)23-53-18-57(62(22-52)37-72)32-68(28-53)78-43-48(8)12-2/h17-36,47-51H,11-16,42-46H2,1-10H3/b62-22+,63-24+,64-23+,65-26+,66-25+/t47-,48-,49-,50-/m0/s1. The second kappa shape index (κ2) is 30.6. The molecule has 0 saturated heterocycles. The summed E-state index contributed by atoms with van der Waals surface area (Å²) in [5.74, 6) is 3.95. The molecule has 5 aromatic carbocycles. The van der Waals surface area contributed by atoms with Crippen LogP contribution in [0.5, 0.6) is 28.7 Å². The van der Waals surface area contributed by atoms with Gasteiger partial charge in [0, 0.05) is 0 Å². The molecule has 0 fully saturated rings. The van der Waals surface area contributed by atoms with Gasteiger partial charge < -0.3 is 23.7 Å². The minimum Gasteiger partial charge on any atom is -0.493 e. The minimum absolute atomic E-state index is 0.251. The highest BCUT2D eigenvalue weighted by atomic mass is 16.5. The highest BCUT2D eigenvalue weighted by Crippen LogP contribution is 2.36. The van der Waals surface area contributed by atoms with Gasteiger partial charge in [-0.15, -0.1) is 0 Å². The van der Waals surface area contributed by atoms with E-state index in [-0.39, 0.29) is 23.7 Å². The molecule has 0 aliphatic heterocycles. The Balaban J connectivity index is 1.73. The van der Waals surface area contributed by atoms with Crippen LogP contribution in [-0.4, -0.2) is 33.0 Å². The lowest BCUT2D eigenvalue weighted by molar-refractivity contribution is 0.240. The summed E-state index contributed by atoms with van der Waals surface area (Å²) >= 11 is 0. The monoisotopic (exact) mass is 1080 g/mol. The molecular weight excluding hydrogens is 1000 g/mol. The quantitative estimate of drug-likeness (QED) is 0.0690. The largest absolute Gasteiger partial charge is 0.493 e. The zero-order chi connectivity index (χ0) is 58.4. The maximum Gasteiger partial charge on any atom is 0.120 e. The summed E-state index contributed by atoms with van der Waals surface area (Å²) in [5.41, 5.74) is 7.44. The van der Waals surface area contributed by atoms with Crippen molar-refractivity contribution in [2.75, 3.05) is 33.0 Å². The number of ether oxygens (including phenoxy) is 5. The van der Waals surface area contributed by atoms with Crippen molar-refractivity contribution in [3.8, 4) is 59.1 Å². The molecule has 1 aliphatic carbocycles. The van der Waals surface area contributed by atoms with E-state index in [0.29, 0.717) is 151 Å². The van der Waals surface area contributed by atoms with Crippen molar-refractivity contribution in [1.82, 2.24) is 0 Å². The van der Waals surface area contributed by atoms with Crippen molar-refractivity contribution in [2.24, 2.45) is 29.6 Å². The van der Waals surface area contributed by atoms with Gasteiger partial charge in [-0.2, -0.15) is 26.3 Å². The SMILES string of the molecule is CCC(CC)COc1cc2cc(c1)/C(C#N)=C/c1cc(OC[C@@H](C)CC)cc(c1)/C(C#N)=C/c1cc(OC[C@@H](C)CC)cc(c1)/C(C#N)=C/c1cc(OC[C@@H](C)CC)cc(c1)/C(C#N)=C/c1cc(OC[C@@H](C)CC)cc(c1)/C(C#N)=C/2. The number of hydrogen-bond donors (Lipinski definition) is 0. The molecule has 4 atom stereocenters. The lowest BCUT2D eigenvalue weighted by Crippen LogP contribution is -2.10. The highest BCUT2D eigenvalue weighted by molar-refractivity contribution is 5.98. The number of nitriles is 5. The topological polar surface area (TPSA) is 165 Å². The third-order valence-electron chi connectivity index (χ3n) is 14.9. The average Bonchev–Trinajstić information content (AvgIpc) is 3.49. The molecule has 81 heavy (non-hydrogen) atoms. The van der Waals surface area contributed by atoms with E-state index in [4.69, 9.17) is 23.7 Å². The fourth-order valence-corrected chi connectivity index (χ4v) is 8.62. The van der Waals surface area contributed by atoms with E-state index in [1.807, 2.05) is 91.0 Å². The molecule has 0 aromatic heterocycles. The molecule has 416 valence electrons. The Labute approximate surface area is 482 Å². The Morgan fingerprint density at radius 2 is 0.481 bits per heavy atom. The predicted octanol–water partition coefficient (Wildman–Crippen LogP) is 17.8. The van der Waals surface area contributed by atoms with Crippen LogP contribution in [0.4, 0.5) is 0 Å². The van der Waals surface area contributed by atoms with Crippen LogP contribution in [0.1, 0.15) is 163 Å². The van der Waals surface area contributed by atoms with Gasteiger partial charge in [0.2, 0.25) is 0 Å². The molecule has 1 aliphatic rings. The van der Waals surface area contributed by atoms with Crippen molar-refractivity contribution < 1.29 is 23.7 Å². The molecule has 10 nitrogen and oxygen atoms in total. The van der Waals surface area contributed by atoms with Crippen LogP contribution in [0, 0.1) is 86.2 Å². The van der Waals surface area contributed by atoms with E-state index in [9.17, 15) is 26.3 Å². The first-order valence-corrected chi connectivity index (χ1v) is 28.7. The first-order chi connectivity index (χ1) is 39.2. The lowest BCUT2D eigenvalue weighted by Gasteiger charge is -2.16. The number of nitrogens with zero attached hydrogens (tertiary/aromatic N) is 5. The molecule has 6 rings (SSSR count). The van der Waals surface area contributed by atoms with Crippen LogP contribution >= 0.6 is 0 Å². The van der Waals surface area contributed by atoms with E-state index in [0.717, 1.165) is 38.5 Å². The highest BCUT2D eigenvalue weighted by Gasteiger charge is 2.17. The lowest BCUT2D eigenvalue weighted by atomic mass is 9.96. The summed E-state index contributed by atoms with van der Waals surface area (Å²) < 4.78 is 32.2. The van der Waals surface area contributed by atoms with E-state index >= 15 is 0 Å². The Bertz CT molecular complexity index is 3370. The van der Waals surface area contributed by atoms with Crippen LogP contribution in [0.15, 0.2) is 91.0 Å². The van der Waals surface area contributed by atoms with Gasteiger partial charge in [-0.1, -0.05) is 108 Å². The van der Waals surface area contributed by atoms with Crippen LogP contribution < -0.4 is 23.7 Å². The predicted molar refractivity (Wildman–Crippen MR) is 329 cm³/mol. The summed E-state index contributed by atoms with van der Waals surface area (Å²) in [7, 11) is 0. The van der Waals surface area contributed by atoms with Gasteiger partial charge in [0.05, 0.1) is 91.2 Å². The molecule has 0 spiro atoms. The number of allylic oxidation sites excluding steroid dienone is 5. The van der Waals surface area contributed by atoms with Gasteiger partial charge in [0.15, 0.2) is 0 Å². The van der Waals surface area contributed by atoms with E-state index in [1.165, 1.54) is 0 Å². The molecule has 0 saturated carbocycles. The molecule has 10 heteroatoms. The Hall–Kier alpha value is -8.75. The second-order valence-corrected chi connectivity index (χ2v) is 21.6. The summed E-state index contributed by atoms with van der Waals surface area (Å²) in [6.07, 6.45) is 14.3. The van der Waals surface area contributed by atoms with E-state index < -0.39 is 0 Å². The number of benzene rings is 5. The molecule has 0 amide bonds. The molecule has 10 bridgehead atoms. The van der Waals surface area contributed by atoms with Gasteiger partial charge in [0.1, 0.15) is 28.7 Å². The summed E-state index contributed by atoms with van der Waals surface area (Å²) in [4.78, 5) is 0. The van der Waals surface area contributed by atoms with Crippen LogP contribution in [-0.2, 0) is 0 Å². The molecule has 0 heterocycles. The normalized spacial score (nSPS) is 17.0. The van der Waals surface area contributed by atoms with Crippen LogP contribution in [0.25, 0.3) is 58.2 Å². The maximum atomic E-state index is 11.0. The smallest absolute Gasteiger partial charge is 0.120 e. The molecule has 0 unspecified atom stereocenters. The Morgan fingerprint density at radius 1 is 0.284 bits per heavy atom. The number of rotatable bonds is 21. The van der Waals surface area contributed by atoms with Crippen molar-refractivity contribution >= 4 is 58.2 Å². The summed E-state index contributed by atoms with van der Waals surface area (Å²) in [6.45, 7) is 23.4. The molecular formula is C71H77N5O5.